The van der Waals surface area contributed by atoms with Crippen molar-refractivity contribution in [3.05, 3.63) is 62.2 Å². The number of amides is 2. The van der Waals surface area contributed by atoms with Crippen LogP contribution in [-0.4, -0.2) is 11.8 Å². The lowest BCUT2D eigenvalue weighted by molar-refractivity contribution is 0.0996. The number of rotatable bonds is 3. The fourth-order valence-electron chi connectivity index (χ4n) is 1.60. The van der Waals surface area contributed by atoms with E-state index in [-0.39, 0.29) is 16.5 Å². The van der Waals surface area contributed by atoms with Gasteiger partial charge in [0.25, 0.3) is 5.91 Å². The molecule has 2 rings (SSSR count). The molecule has 0 saturated carbocycles. The average Bonchev–Trinajstić information content (AvgIpc) is 2.41. The Morgan fingerprint density at radius 2 is 1.75 bits per heavy atom. The average molecular weight is 401 g/mol. The fraction of sp³-hybridized carbons (Fsp3) is 0. The Morgan fingerprint density at radius 3 is 2.35 bits per heavy atom. The Labute approximate surface area is 134 Å². The van der Waals surface area contributed by atoms with Gasteiger partial charge in [-0.1, -0.05) is 11.6 Å². The summed E-state index contributed by atoms with van der Waals surface area (Å²) in [6, 6.07) is 11.7. The Hall–Kier alpha value is -1.60. The molecule has 0 atom stereocenters. The van der Waals surface area contributed by atoms with Gasteiger partial charge in [0.2, 0.25) is 5.91 Å². The van der Waals surface area contributed by atoms with Crippen LogP contribution < -0.4 is 11.1 Å². The first-order valence-corrected chi connectivity index (χ1v) is 7.09. The summed E-state index contributed by atoms with van der Waals surface area (Å²) in [5.74, 6) is -0.903. The second-order valence-electron chi connectivity index (χ2n) is 4.02. The molecule has 102 valence electrons. The third-order valence-electron chi connectivity index (χ3n) is 2.60. The van der Waals surface area contributed by atoms with Crippen molar-refractivity contribution in [2.24, 2.45) is 5.73 Å². The third kappa shape index (κ3) is 3.49. The molecular formula is C14H10ClIN2O2. The van der Waals surface area contributed by atoms with Crippen molar-refractivity contribution in [2.75, 3.05) is 5.32 Å². The van der Waals surface area contributed by atoms with E-state index in [4.69, 9.17) is 17.3 Å². The van der Waals surface area contributed by atoms with E-state index in [1.165, 1.54) is 12.1 Å². The Bertz CT molecular complexity index is 671. The van der Waals surface area contributed by atoms with Gasteiger partial charge in [0.15, 0.2) is 0 Å². The monoisotopic (exact) mass is 400 g/mol. The first-order chi connectivity index (χ1) is 9.47. The molecule has 0 aliphatic heterocycles. The molecule has 0 fully saturated rings. The Kier molecular flexibility index (Phi) is 4.61. The van der Waals surface area contributed by atoms with Crippen LogP contribution in [0.5, 0.6) is 0 Å². The highest BCUT2D eigenvalue weighted by Crippen LogP contribution is 2.20. The second-order valence-corrected chi connectivity index (χ2v) is 5.67. The molecule has 0 heterocycles. The lowest BCUT2D eigenvalue weighted by Crippen LogP contribution is -2.15. The van der Waals surface area contributed by atoms with Crippen molar-refractivity contribution in [3.8, 4) is 0 Å². The molecular weight excluding hydrogens is 391 g/mol. The molecule has 0 aliphatic rings. The van der Waals surface area contributed by atoms with Gasteiger partial charge in [0.1, 0.15) is 0 Å². The van der Waals surface area contributed by atoms with E-state index < -0.39 is 5.91 Å². The molecule has 2 amide bonds. The number of primary amides is 1. The van der Waals surface area contributed by atoms with Crippen molar-refractivity contribution in [3.63, 3.8) is 0 Å². The van der Waals surface area contributed by atoms with Crippen molar-refractivity contribution in [1.82, 2.24) is 0 Å². The number of carbonyl (C=O) groups excluding carboxylic acids is 2. The highest BCUT2D eigenvalue weighted by molar-refractivity contribution is 14.1. The van der Waals surface area contributed by atoms with Crippen LogP contribution in [0.1, 0.15) is 20.7 Å². The number of anilines is 1. The lowest BCUT2D eigenvalue weighted by atomic mass is 10.1. The Balaban J connectivity index is 2.21. The summed E-state index contributed by atoms with van der Waals surface area (Å²) >= 11 is 8.01. The van der Waals surface area contributed by atoms with Gasteiger partial charge >= 0.3 is 0 Å². The van der Waals surface area contributed by atoms with E-state index in [0.717, 1.165) is 3.57 Å². The minimum atomic E-state index is -0.639. The maximum absolute atomic E-state index is 12.0. The topological polar surface area (TPSA) is 72.2 Å². The molecule has 0 unspecified atom stereocenters. The van der Waals surface area contributed by atoms with Crippen LogP contribution in [-0.2, 0) is 0 Å². The van der Waals surface area contributed by atoms with E-state index in [2.05, 4.69) is 27.9 Å². The minimum absolute atomic E-state index is 0.173. The van der Waals surface area contributed by atoms with Crippen LogP contribution in [0, 0.1) is 3.57 Å². The number of hydrogen-bond acceptors (Lipinski definition) is 2. The molecule has 0 aliphatic carbocycles. The van der Waals surface area contributed by atoms with Crippen molar-refractivity contribution in [1.29, 1.82) is 0 Å². The summed E-state index contributed by atoms with van der Waals surface area (Å²) in [4.78, 5) is 23.2. The smallest absolute Gasteiger partial charge is 0.255 e. The van der Waals surface area contributed by atoms with Gasteiger partial charge < -0.3 is 11.1 Å². The summed E-state index contributed by atoms with van der Waals surface area (Å²) in [6.07, 6.45) is 0. The van der Waals surface area contributed by atoms with Gasteiger partial charge in [-0.05, 0) is 65.1 Å². The zero-order chi connectivity index (χ0) is 14.7. The zero-order valence-corrected chi connectivity index (χ0v) is 13.1. The van der Waals surface area contributed by atoms with Crippen LogP contribution in [0.4, 0.5) is 5.69 Å². The summed E-state index contributed by atoms with van der Waals surface area (Å²) in [6.45, 7) is 0. The molecule has 6 heteroatoms. The highest BCUT2D eigenvalue weighted by Gasteiger charge is 2.10. The van der Waals surface area contributed by atoms with Gasteiger partial charge in [-0.15, -0.1) is 0 Å². The largest absolute Gasteiger partial charge is 0.366 e. The van der Waals surface area contributed by atoms with Gasteiger partial charge in [-0.3, -0.25) is 9.59 Å². The van der Waals surface area contributed by atoms with Crippen LogP contribution in [0.2, 0.25) is 5.02 Å². The molecule has 0 aromatic heterocycles. The van der Waals surface area contributed by atoms with Crippen molar-refractivity contribution < 1.29 is 9.59 Å². The standard InChI is InChI=1S/C14H10ClIN2O2/c15-12-6-5-10(7-11(12)13(17)19)18-14(20)8-1-3-9(16)4-2-8/h1-7H,(H2,17,19)(H,18,20). The number of carbonyl (C=O) groups is 2. The lowest BCUT2D eigenvalue weighted by Gasteiger charge is -2.07. The molecule has 0 radical (unpaired) electrons. The molecule has 0 bridgehead atoms. The number of benzene rings is 2. The minimum Gasteiger partial charge on any atom is -0.366 e. The zero-order valence-electron chi connectivity index (χ0n) is 10.2. The summed E-state index contributed by atoms with van der Waals surface area (Å²) in [5.41, 5.74) is 6.37. The number of halogens is 2. The maximum Gasteiger partial charge on any atom is 0.255 e. The summed E-state index contributed by atoms with van der Waals surface area (Å²) < 4.78 is 1.04. The summed E-state index contributed by atoms with van der Waals surface area (Å²) in [7, 11) is 0. The first-order valence-electron chi connectivity index (χ1n) is 5.63. The van der Waals surface area contributed by atoms with E-state index in [1.54, 1.807) is 18.2 Å². The SMILES string of the molecule is NC(=O)c1cc(NC(=O)c2ccc(I)cc2)ccc1Cl. The number of nitrogens with one attached hydrogen (secondary N) is 1. The second kappa shape index (κ2) is 6.23. The molecule has 20 heavy (non-hydrogen) atoms. The predicted molar refractivity (Wildman–Crippen MR) is 87.1 cm³/mol. The van der Waals surface area contributed by atoms with Crippen molar-refractivity contribution >= 4 is 51.7 Å². The van der Waals surface area contributed by atoms with E-state index in [0.29, 0.717) is 11.3 Å². The maximum atomic E-state index is 12.0. The first kappa shape index (κ1) is 14.8. The molecule has 2 aromatic rings. The van der Waals surface area contributed by atoms with E-state index in [9.17, 15) is 9.59 Å². The van der Waals surface area contributed by atoms with Crippen LogP contribution in [0.3, 0.4) is 0 Å². The van der Waals surface area contributed by atoms with E-state index >= 15 is 0 Å². The summed E-state index contributed by atoms with van der Waals surface area (Å²) in [5, 5.41) is 2.95. The van der Waals surface area contributed by atoms with Gasteiger partial charge in [-0.2, -0.15) is 0 Å². The van der Waals surface area contributed by atoms with Crippen molar-refractivity contribution in [2.45, 2.75) is 0 Å². The fourth-order valence-corrected chi connectivity index (χ4v) is 2.17. The van der Waals surface area contributed by atoms with Crippen LogP contribution in [0.25, 0.3) is 0 Å². The quantitative estimate of drug-likeness (QED) is 0.776. The van der Waals surface area contributed by atoms with E-state index in [1.807, 2.05) is 12.1 Å². The van der Waals surface area contributed by atoms with Gasteiger partial charge in [-0.25, -0.2) is 0 Å². The molecule has 4 nitrogen and oxygen atoms in total. The Morgan fingerprint density at radius 1 is 1.10 bits per heavy atom. The number of hydrogen-bond donors (Lipinski definition) is 2. The highest BCUT2D eigenvalue weighted by atomic mass is 127. The predicted octanol–water partition coefficient (Wildman–Crippen LogP) is 3.30. The molecule has 0 saturated heterocycles. The van der Waals surface area contributed by atoms with Gasteiger partial charge in [0.05, 0.1) is 10.6 Å². The number of nitrogens with two attached hydrogens (primary N) is 1. The van der Waals surface area contributed by atoms with Crippen LogP contribution >= 0.6 is 34.2 Å². The molecule has 0 spiro atoms. The van der Waals surface area contributed by atoms with Crippen LogP contribution in [0.15, 0.2) is 42.5 Å². The molecule has 2 aromatic carbocycles. The normalized spacial score (nSPS) is 10.1. The molecule has 3 N–H and O–H groups in total. The van der Waals surface area contributed by atoms with Gasteiger partial charge in [0, 0.05) is 14.8 Å². The third-order valence-corrected chi connectivity index (χ3v) is 3.64.